The Morgan fingerprint density at radius 1 is 1.36 bits per heavy atom. The minimum absolute atomic E-state index is 0.0184. The summed E-state index contributed by atoms with van der Waals surface area (Å²) in [6, 6.07) is 9.10. The third kappa shape index (κ3) is 4.52. The molecule has 2 heterocycles. The van der Waals surface area contributed by atoms with E-state index in [0.29, 0.717) is 23.9 Å². The van der Waals surface area contributed by atoms with Crippen LogP contribution in [0.25, 0.3) is 0 Å². The van der Waals surface area contributed by atoms with Crippen molar-refractivity contribution in [3.05, 3.63) is 47.2 Å². The minimum atomic E-state index is -0.0422. The van der Waals surface area contributed by atoms with E-state index in [1.165, 1.54) is 0 Å². The number of carbonyl (C=O) groups excluding carboxylic acids is 1. The molecule has 0 saturated carbocycles. The molecule has 1 saturated heterocycles. The first kappa shape index (κ1) is 17.8. The molecule has 1 N–H and O–H groups in total. The Hall–Kier alpha value is -2.05. The number of amides is 1. The Bertz CT molecular complexity index is 719. The zero-order valence-electron chi connectivity index (χ0n) is 14.0. The quantitative estimate of drug-likeness (QED) is 0.855. The number of benzene rings is 1. The van der Waals surface area contributed by atoms with E-state index in [1.807, 2.05) is 29.3 Å². The van der Waals surface area contributed by atoms with Gasteiger partial charge >= 0.3 is 0 Å². The standard InChI is InChI=1S/C18H22ClN3O3/c19-15-5-1-2-6-17(15)25-13-18(24)21-8-3-4-14(12-21)16-7-9-22(20-16)10-11-23/h1-2,5-7,9,14,23H,3-4,8,10-13H2/t14-/m1/s1. The Morgan fingerprint density at radius 2 is 2.20 bits per heavy atom. The van der Waals surface area contributed by atoms with Crippen LogP contribution in [0.2, 0.25) is 5.02 Å². The van der Waals surface area contributed by atoms with Gasteiger partial charge in [-0.05, 0) is 31.0 Å². The Morgan fingerprint density at radius 3 is 3.00 bits per heavy atom. The molecule has 0 aliphatic carbocycles. The van der Waals surface area contributed by atoms with E-state index >= 15 is 0 Å². The highest BCUT2D eigenvalue weighted by atomic mass is 35.5. The first-order valence-electron chi connectivity index (χ1n) is 8.46. The number of likely N-dealkylation sites (tertiary alicyclic amines) is 1. The molecule has 7 heteroatoms. The van der Waals surface area contributed by atoms with Crippen LogP contribution >= 0.6 is 11.6 Å². The second kappa shape index (κ2) is 8.36. The van der Waals surface area contributed by atoms with E-state index in [1.54, 1.807) is 16.8 Å². The van der Waals surface area contributed by atoms with Crippen LogP contribution in [0.3, 0.4) is 0 Å². The number of aromatic nitrogens is 2. The van der Waals surface area contributed by atoms with Crippen LogP contribution < -0.4 is 4.74 Å². The van der Waals surface area contributed by atoms with Crippen molar-refractivity contribution in [1.82, 2.24) is 14.7 Å². The Kier molecular flexibility index (Phi) is 5.94. The molecule has 1 aliphatic rings. The lowest BCUT2D eigenvalue weighted by atomic mass is 9.95. The molecule has 0 spiro atoms. The summed E-state index contributed by atoms with van der Waals surface area (Å²) in [7, 11) is 0. The van der Waals surface area contributed by atoms with Gasteiger partial charge in [0.2, 0.25) is 0 Å². The normalized spacial score (nSPS) is 17.5. The number of rotatable bonds is 6. The first-order chi connectivity index (χ1) is 12.2. The molecule has 0 unspecified atom stereocenters. The van der Waals surface area contributed by atoms with Crippen molar-refractivity contribution in [1.29, 1.82) is 0 Å². The number of ether oxygens (including phenoxy) is 1. The first-order valence-corrected chi connectivity index (χ1v) is 8.84. The summed E-state index contributed by atoms with van der Waals surface area (Å²) in [5, 5.41) is 14.0. The number of carbonyl (C=O) groups is 1. The van der Waals surface area contributed by atoms with Gasteiger partial charge in [0, 0.05) is 25.2 Å². The lowest BCUT2D eigenvalue weighted by molar-refractivity contribution is -0.134. The summed E-state index contributed by atoms with van der Waals surface area (Å²) < 4.78 is 7.29. The molecule has 1 aromatic heterocycles. The lowest BCUT2D eigenvalue weighted by Gasteiger charge is -2.32. The smallest absolute Gasteiger partial charge is 0.260 e. The van der Waals surface area contributed by atoms with Crippen molar-refractivity contribution in [2.24, 2.45) is 0 Å². The van der Waals surface area contributed by atoms with Crippen LogP contribution in [0.4, 0.5) is 0 Å². The molecule has 1 amide bonds. The summed E-state index contributed by atoms with van der Waals surface area (Å²) in [5.74, 6) is 0.700. The predicted octanol–water partition coefficient (Wildman–Crippen LogP) is 2.31. The van der Waals surface area contributed by atoms with Gasteiger partial charge in [-0.2, -0.15) is 5.10 Å². The van der Waals surface area contributed by atoms with Gasteiger partial charge in [0.1, 0.15) is 5.75 Å². The molecule has 134 valence electrons. The van der Waals surface area contributed by atoms with Crippen LogP contribution in [-0.4, -0.2) is 52.0 Å². The molecule has 0 bridgehead atoms. The summed E-state index contributed by atoms with van der Waals surface area (Å²) in [4.78, 5) is 14.3. The van der Waals surface area contributed by atoms with Gasteiger partial charge in [0.05, 0.1) is 23.9 Å². The zero-order chi connectivity index (χ0) is 17.6. The topological polar surface area (TPSA) is 67.6 Å². The molecule has 1 aromatic carbocycles. The van der Waals surface area contributed by atoms with Gasteiger partial charge in [-0.1, -0.05) is 23.7 Å². The third-order valence-electron chi connectivity index (χ3n) is 4.37. The molecular weight excluding hydrogens is 342 g/mol. The van der Waals surface area contributed by atoms with Crippen molar-refractivity contribution in [3.63, 3.8) is 0 Å². The van der Waals surface area contributed by atoms with Gasteiger partial charge < -0.3 is 14.7 Å². The maximum absolute atomic E-state index is 12.5. The van der Waals surface area contributed by atoms with E-state index in [-0.39, 0.29) is 25.0 Å². The fourth-order valence-electron chi connectivity index (χ4n) is 3.06. The van der Waals surface area contributed by atoms with Gasteiger partial charge in [-0.3, -0.25) is 9.48 Å². The van der Waals surface area contributed by atoms with E-state index in [2.05, 4.69) is 5.10 Å². The molecule has 6 nitrogen and oxygen atoms in total. The zero-order valence-corrected chi connectivity index (χ0v) is 14.7. The van der Waals surface area contributed by atoms with E-state index < -0.39 is 0 Å². The van der Waals surface area contributed by atoms with Crippen LogP contribution in [0, 0.1) is 0 Å². The van der Waals surface area contributed by atoms with Crippen LogP contribution in [0.5, 0.6) is 5.75 Å². The van der Waals surface area contributed by atoms with Crippen molar-refractivity contribution in [2.75, 3.05) is 26.3 Å². The molecule has 1 fully saturated rings. The van der Waals surface area contributed by atoms with Crippen molar-refractivity contribution >= 4 is 17.5 Å². The highest BCUT2D eigenvalue weighted by Crippen LogP contribution is 2.26. The molecule has 2 aromatic rings. The maximum Gasteiger partial charge on any atom is 0.260 e. The largest absolute Gasteiger partial charge is 0.482 e. The summed E-state index contributed by atoms with van der Waals surface area (Å²) >= 11 is 6.05. The van der Waals surface area contributed by atoms with Gasteiger partial charge in [-0.15, -0.1) is 0 Å². The highest BCUT2D eigenvalue weighted by molar-refractivity contribution is 6.32. The van der Waals surface area contributed by atoms with Gasteiger partial charge in [0.15, 0.2) is 6.61 Å². The van der Waals surface area contributed by atoms with Crippen LogP contribution in [0.1, 0.15) is 24.5 Å². The summed E-state index contributed by atoms with van der Waals surface area (Å²) in [5.41, 5.74) is 0.970. The SMILES string of the molecule is O=C(COc1ccccc1Cl)N1CCC[C@@H](c2ccn(CCO)n2)C1. The monoisotopic (exact) mass is 363 g/mol. The Balaban J connectivity index is 1.56. The molecule has 1 atom stereocenters. The number of hydrogen-bond donors (Lipinski definition) is 1. The Labute approximate surface area is 152 Å². The van der Waals surface area contributed by atoms with E-state index in [0.717, 1.165) is 25.1 Å². The van der Waals surface area contributed by atoms with Gasteiger partial charge in [0.25, 0.3) is 5.91 Å². The van der Waals surface area contributed by atoms with Crippen LogP contribution in [-0.2, 0) is 11.3 Å². The van der Waals surface area contributed by atoms with Crippen LogP contribution in [0.15, 0.2) is 36.5 Å². The molecule has 1 aliphatic heterocycles. The minimum Gasteiger partial charge on any atom is -0.482 e. The number of aliphatic hydroxyl groups is 1. The number of para-hydroxylation sites is 1. The van der Waals surface area contributed by atoms with Crippen molar-refractivity contribution in [2.45, 2.75) is 25.3 Å². The number of halogens is 1. The number of piperidine rings is 1. The van der Waals surface area contributed by atoms with Crippen molar-refractivity contribution < 1.29 is 14.6 Å². The second-order valence-corrected chi connectivity index (χ2v) is 6.53. The third-order valence-corrected chi connectivity index (χ3v) is 4.68. The lowest BCUT2D eigenvalue weighted by Crippen LogP contribution is -2.41. The molecular formula is C18H22ClN3O3. The average Bonchev–Trinajstić information content (AvgIpc) is 3.10. The average molecular weight is 364 g/mol. The fourth-order valence-corrected chi connectivity index (χ4v) is 3.25. The molecule has 25 heavy (non-hydrogen) atoms. The van der Waals surface area contributed by atoms with Gasteiger partial charge in [-0.25, -0.2) is 0 Å². The summed E-state index contributed by atoms with van der Waals surface area (Å²) in [6.45, 7) is 1.91. The maximum atomic E-state index is 12.5. The highest BCUT2D eigenvalue weighted by Gasteiger charge is 2.26. The molecule has 3 rings (SSSR count). The predicted molar refractivity (Wildman–Crippen MR) is 94.8 cm³/mol. The summed E-state index contributed by atoms with van der Waals surface area (Å²) in [6.07, 6.45) is 3.81. The van der Waals surface area contributed by atoms with E-state index in [4.69, 9.17) is 21.4 Å². The number of nitrogens with zero attached hydrogens (tertiary/aromatic N) is 3. The van der Waals surface area contributed by atoms with Crippen molar-refractivity contribution in [3.8, 4) is 5.75 Å². The number of hydrogen-bond acceptors (Lipinski definition) is 4. The number of aliphatic hydroxyl groups excluding tert-OH is 1. The molecule has 0 radical (unpaired) electrons. The fraction of sp³-hybridized carbons (Fsp3) is 0.444. The van der Waals surface area contributed by atoms with E-state index in [9.17, 15) is 4.79 Å². The second-order valence-electron chi connectivity index (χ2n) is 6.13.